The SMILES string of the molecule is CCC(CC)c1cc(CN=C(N)Nc2ccc(OC)c(Cl)c2)on1.I. The first-order valence-corrected chi connectivity index (χ1v) is 8.31. The lowest BCUT2D eigenvalue weighted by molar-refractivity contribution is 0.372. The van der Waals surface area contributed by atoms with Gasteiger partial charge in [-0.1, -0.05) is 30.6 Å². The van der Waals surface area contributed by atoms with E-state index < -0.39 is 0 Å². The molecule has 0 aliphatic heterocycles. The Morgan fingerprint density at radius 3 is 2.68 bits per heavy atom. The Morgan fingerprint density at radius 1 is 1.36 bits per heavy atom. The van der Waals surface area contributed by atoms with E-state index in [9.17, 15) is 0 Å². The molecule has 1 aromatic heterocycles. The maximum Gasteiger partial charge on any atom is 0.193 e. The minimum Gasteiger partial charge on any atom is -0.495 e. The second kappa shape index (κ2) is 10.5. The Bertz CT molecular complexity index is 702. The molecule has 2 aromatic rings. The van der Waals surface area contributed by atoms with Crippen LogP contribution in [0.1, 0.15) is 44.1 Å². The topological polar surface area (TPSA) is 85.7 Å². The molecule has 6 nitrogen and oxygen atoms in total. The molecule has 0 saturated carbocycles. The van der Waals surface area contributed by atoms with Gasteiger partial charge in [0.1, 0.15) is 12.3 Å². The van der Waals surface area contributed by atoms with Crippen LogP contribution in [0.25, 0.3) is 0 Å². The quantitative estimate of drug-likeness (QED) is 0.340. The van der Waals surface area contributed by atoms with Crippen molar-refractivity contribution in [2.75, 3.05) is 12.4 Å². The number of anilines is 1. The van der Waals surface area contributed by atoms with Crippen molar-refractivity contribution in [2.45, 2.75) is 39.2 Å². The summed E-state index contributed by atoms with van der Waals surface area (Å²) in [6, 6.07) is 7.24. The Hall–Kier alpha value is -1.48. The Labute approximate surface area is 170 Å². The van der Waals surface area contributed by atoms with Gasteiger partial charge in [0.05, 0.1) is 17.8 Å². The Balaban J connectivity index is 0.00000312. The molecule has 1 aromatic carbocycles. The summed E-state index contributed by atoms with van der Waals surface area (Å²) < 4.78 is 10.4. The fourth-order valence-corrected chi connectivity index (χ4v) is 2.66. The van der Waals surface area contributed by atoms with E-state index in [0.717, 1.165) is 24.2 Å². The normalized spacial score (nSPS) is 11.3. The molecule has 0 spiro atoms. The van der Waals surface area contributed by atoms with E-state index in [0.29, 0.717) is 29.0 Å². The maximum atomic E-state index is 6.08. The molecular formula is C17H24ClIN4O2. The van der Waals surface area contributed by atoms with Gasteiger partial charge in [0.25, 0.3) is 0 Å². The van der Waals surface area contributed by atoms with Crippen LogP contribution in [0, 0.1) is 0 Å². The molecule has 0 amide bonds. The molecule has 0 saturated heterocycles. The zero-order valence-electron chi connectivity index (χ0n) is 14.6. The lowest BCUT2D eigenvalue weighted by Crippen LogP contribution is -2.22. The van der Waals surface area contributed by atoms with Gasteiger partial charge >= 0.3 is 0 Å². The zero-order valence-corrected chi connectivity index (χ0v) is 17.7. The Kier molecular flexibility index (Phi) is 9.05. The van der Waals surface area contributed by atoms with Crippen molar-refractivity contribution in [1.29, 1.82) is 0 Å². The number of hydrogen-bond donors (Lipinski definition) is 2. The maximum absolute atomic E-state index is 6.08. The number of hydrogen-bond acceptors (Lipinski definition) is 4. The van der Waals surface area contributed by atoms with Gasteiger partial charge in [0.15, 0.2) is 11.7 Å². The number of nitrogens with two attached hydrogens (primary N) is 1. The van der Waals surface area contributed by atoms with Crippen LogP contribution in [-0.4, -0.2) is 18.2 Å². The van der Waals surface area contributed by atoms with E-state index in [-0.39, 0.29) is 29.9 Å². The number of halogens is 2. The molecule has 0 fully saturated rings. The fraction of sp³-hybridized carbons (Fsp3) is 0.412. The van der Waals surface area contributed by atoms with Crippen molar-refractivity contribution in [1.82, 2.24) is 5.16 Å². The summed E-state index contributed by atoms with van der Waals surface area (Å²) in [7, 11) is 1.57. The highest BCUT2D eigenvalue weighted by atomic mass is 127. The monoisotopic (exact) mass is 478 g/mol. The number of benzene rings is 1. The zero-order chi connectivity index (χ0) is 17.5. The predicted octanol–water partition coefficient (Wildman–Crippen LogP) is 4.79. The highest BCUT2D eigenvalue weighted by molar-refractivity contribution is 14.0. The van der Waals surface area contributed by atoms with Gasteiger partial charge in [-0.2, -0.15) is 0 Å². The number of rotatable bonds is 7. The number of ether oxygens (including phenoxy) is 1. The van der Waals surface area contributed by atoms with Crippen LogP contribution < -0.4 is 15.8 Å². The summed E-state index contributed by atoms with van der Waals surface area (Å²) in [6.45, 7) is 4.61. The largest absolute Gasteiger partial charge is 0.495 e. The van der Waals surface area contributed by atoms with Gasteiger partial charge in [-0.15, -0.1) is 24.0 Å². The van der Waals surface area contributed by atoms with Crippen LogP contribution in [0.4, 0.5) is 5.69 Å². The molecule has 25 heavy (non-hydrogen) atoms. The number of aliphatic imine (C=N–C) groups is 1. The third-order valence-electron chi connectivity index (χ3n) is 3.81. The van der Waals surface area contributed by atoms with Gasteiger partial charge in [-0.3, -0.25) is 0 Å². The van der Waals surface area contributed by atoms with Crippen molar-refractivity contribution in [2.24, 2.45) is 10.7 Å². The first-order valence-electron chi connectivity index (χ1n) is 7.93. The van der Waals surface area contributed by atoms with Crippen molar-refractivity contribution in [3.05, 3.63) is 40.7 Å². The first kappa shape index (κ1) is 21.6. The van der Waals surface area contributed by atoms with Gasteiger partial charge in [-0.05, 0) is 31.0 Å². The van der Waals surface area contributed by atoms with Crippen molar-refractivity contribution in [3.8, 4) is 5.75 Å². The minimum absolute atomic E-state index is 0. The summed E-state index contributed by atoms with van der Waals surface area (Å²) >= 11 is 6.08. The standard InChI is InChI=1S/C17H23ClN4O2.HI/c1-4-11(5-2)15-9-13(24-22-15)10-20-17(19)21-12-6-7-16(23-3)14(18)8-12;/h6-9,11H,4-5,10H2,1-3H3,(H3,19,20,21);1H. The molecule has 2 rings (SSSR count). The van der Waals surface area contributed by atoms with Gasteiger partial charge in [0.2, 0.25) is 0 Å². The number of guanidine groups is 1. The van der Waals surface area contributed by atoms with Crippen molar-refractivity contribution >= 4 is 47.2 Å². The highest BCUT2D eigenvalue weighted by Crippen LogP contribution is 2.27. The van der Waals surface area contributed by atoms with E-state index in [1.807, 2.05) is 12.1 Å². The third-order valence-corrected chi connectivity index (χ3v) is 4.11. The number of aromatic nitrogens is 1. The molecule has 0 aliphatic rings. The molecular weight excluding hydrogens is 455 g/mol. The first-order chi connectivity index (χ1) is 11.6. The molecule has 1 heterocycles. The average Bonchev–Trinajstić information content (AvgIpc) is 3.03. The second-order valence-corrected chi connectivity index (χ2v) is 5.81. The minimum atomic E-state index is 0. The van der Waals surface area contributed by atoms with E-state index in [1.54, 1.807) is 19.2 Å². The number of nitrogens with zero attached hydrogens (tertiary/aromatic N) is 2. The summed E-state index contributed by atoms with van der Waals surface area (Å²) in [5.41, 5.74) is 7.60. The molecule has 0 radical (unpaired) electrons. The van der Waals surface area contributed by atoms with Crippen molar-refractivity contribution < 1.29 is 9.26 Å². The third kappa shape index (κ3) is 6.07. The smallest absolute Gasteiger partial charge is 0.193 e. The fourth-order valence-electron chi connectivity index (χ4n) is 2.40. The lowest BCUT2D eigenvalue weighted by atomic mass is 9.99. The number of methoxy groups -OCH3 is 1. The van der Waals surface area contributed by atoms with Gasteiger partial charge in [-0.25, -0.2) is 4.99 Å². The van der Waals surface area contributed by atoms with Crippen LogP contribution in [-0.2, 0) is 6.54 Å². The van der Waals surface area contributed by atoms with Crippen LogP contribution in [0.5, 0.6) is 5.75 Å². The summed E-state index contributed by atoms with van der Waals surface area (Å²) in [5, 5.41) is 7.60. The Morgan fingerprint density at radius 2 is 2.08 bits per heavy atom. The molecule has 0 unspecified atom stereocenters. The van der Waals surface area contributed by atoms with Crippen LogP contribution in [0.3, 0.4) is 0 Å². The average molecular weight is 479 g/mol. The highest BCUT2D eigenvalue weighted by Gasteiger charge is 2.12. The van der Waals surface area contributed by atoms with E-state index in [4.69, 9.17) is 26.6 Å². The van der Waals surface area contributed by atoms with Gasteiger partial charge in [0, 0.05) is 17.7 Å². The molecule has 0 atom stereocenters. The molecule has 3 N–H and O–H groups in total. The predicted molar refractivity (Wildman–Crippen MR) is 112 cm³/mol. The van der Waals surface area contributed by atoms with Crippen LogP contribution in [0.15, 0.2) is 33.8 Å². The number of nitrogens with one attached hydrogen (secondary N) is 1. The lowest BCUT2D eigenvalue weighted by Gasteiger charge is -2.08. The van der Waals surface area contributed by atoms with Crippen LogP contribution >= 0.6 is 35.6 Å². The summed E-state index contributed by atoms with van der Waals surface area (Å²) in [4.78, 5) is 4.26. The molecule has 0 aliphatic carbocycles. The van der Waals surface area contributed by atoms with Gasteiger partial charge < -0.3 is 20.3 Å². The van der Waals surface area contributed by atoms with Crippen LogP contribution in [0.2, 0.25) is 5.02 Å². The van der Waals surface area contributed by atoms with E-state index >= 15 is 0 Å². The molecule has 0 bridgehead atoms. The van der Waals surface area contributed by atoms with E-state index in [1.165, 1.54) is 0 Å². The molecule has 8 heteroatoms. The van der Waals surface area contributed by atoms with Crippen molar-refractivity contribution in [3.63, 3.8) is 0 Å². The molecule has 138 valence electrons. The second-order valence-electron chi connectivity index (χ2n) is 5.41. The summed E-state index contributed by atoms with van der Waals surface area (Å²) in [5.74, 6) is 1.99. The van der Waals surface area contributed by atoms with E-state index in [2.05, 4.69) is 29.3 Å². The summed E-state index contributed by atoms with van der Waals surface area (Å²) in [6.07, 6.45) is 2.07.